The summed E-state index contributed by atoms with van der Waals surface area (Å²) in [6.07, 6.45) is 5.67. The number of sulfonamides is 1. The predicted octanol–water partition coefficient (Wildman–Crippen LogP) is 1.28. The molecular weight excluding hydrogens is 314 g/mol. The molecule has 8 heteroatoms. The smallest absolute Gasteiger partial charge is 0.210 e. The predicted molar refractivity (Wildman–Crippen MR) is 87.0 cm³/mol. The van der Waals surface area contributed by atoms with Gasteiger partial charge in [0, 0.05) is 32.1 Å². The highest BCUT2D eigenvalue weighted by Crippen LogP contribution is 2.38. The number of aromatic nitrogens is 4. The Kier molecular flexibility index (Phi) is 4.20. The lowest BCUT2D eigenvalue weighted by atomic mass is 10.3. The zero-order valence-corrected chi connectivity index (χ0v) is 14.4. The summed E-state index contributed by atoms with van der Waals surface area (Å²) in [7, 11) is -1.62. The summed E-state index contributed by atoms with van der Waals surface area (Å²) in [4.78, 5) is 9.04. The van der Waals surface area contributed by atoms with Crippen molar-refractivity contribution >= 4 is 10.0 Å². The maximum atomic E-state index is 11.6. The number of rotatable bonds is 6. The van der Waals surface area contributed by atoms with Crippen LogP contribution in [-0.2, 0) is 16.4 Å². The second-order valence-electron chi connectivity index (χ2n) is 6.05. The maximum Gasteiger partial charge on any atom is 0.210 e. The summed E-state index contributed by atoms with van der Waals surface area (Å²) in [6, 6.07) is 3.86. The summed E-state index contributed by atoms with van der Waals surface area (Å²) >= 11 is 0. The van der Waals surface area contributed by atoms with Crippen LogP contribution in [0.5, 0.6) is 0 Å². The monoisotopic (exact) mass is 335 g/mol. The van der Waals surface area contributed by atoms with Gasteiger partial charge in [0.2, 0.25) is 10.0 Å². The van der Waals surface area contributed by atoms with Crippen LogP contribution in [0, 0.1) is 6.92 Å². The van der Waals surface area contributed by atoms with Crippen molar-refractivity contribution in [3.05, 3.63) is 35.5 Å². The molecule has 0 radical (unpaired) electrons. The quantitative estimate of drug-likeness (QED) is 0.794. The van der Waals surface area contributed by atoms with E-state index in [9.17, 15) is 8.42 Å². The lowest BCUT2D eigenvalue weighted by molar-refractivity contribution is 0.472. The SMILES string of the molecule is Cc1cccnc1-n1nc(C2CC2)nc1CCN(C)S(C)(=O)=O. The van der Waals surface area contributed by atoms with Crippen LogP contribution in [0.15, 0.2) is 18.3 Å². The minimum Gasteiger partial charge on any atom is -0.237 e. The summed E-state index contributed by atoms with van der Waals surface area (Å²) in [6.45, 7) is 2.35. The lowest BCUT2D eigenvalue weighted by Gasteiger charge is -2.14. The molecule has 0 bridgehead atoms. The molecule has 0 unspecified atom stereocenters. The van der Waals surface area contributed by atoms with E-state index in [1.54, 1.807) is 17.9 Å². The van der Waals surface area contributed by atoms with Crippen molar-refractivity contribution in [3.63, 3.8) is 0 Å². The maximum absolute atomic E-state index is 11.6. The molecule has 1 aliphatic carbocycles. The van der Waals surface area contributed by atoms with E-state index < -0.39 is 10.0 Å². The minimum absolute atomic E-state index is 0.369. The first kappa shape index (κ1) is 16.1. The molecule has 0 atom stereocenters. The van der Waals surface area contributed by atoms with Crippen molar-refractivity contribution in [2.45, 2.75) is 32.1 Å². The van der Waals surface area contributed by atoms with Crippen LogP contribution in [0.2, 0.25) is 0 Å². The minimum atomic E-state index is -3.20. The number of likely N-dealkylation sites (N-methyl/N-ethyl adjacent to an activating group) is 1. The van der Waals surface area contributed by atoms with E-state index in [4.69, 9.17) is 0 Å². The lowest BCUT2D eigenvalue weighted by Crippen LogP contribution is -2.28. The van der Waals surface area contributed by atoms with Crippen LogP contribution in [0.3, 0.4) is 0 Å². The number of aryl methyl sites for hydroxylation is 1. The van der Waals surface area contributed by atoms with Crippen LogP contribution >= 0.6 is 0 Å². The molecular formula is C15H21N5O2S. The largest absolute Gasteiger partial charge is 0.237 e. The third-order valence-electron chi connectivity index (χ3n) is 4.03. The van der Waals surface area contributed by atoms with Gasteiger partial charge >= 0.3 is 0 Å². The summed E-state index contributed by atoms with van der Waals surface area (Å²) in [5, 5.41) is 4.62. The van der Waals surface area contributed by atoms with Gasteiger partial charge in [-0.3, -0.25) is 0 Å². The van der Waals surface area contributed by atoms with Gasteiger partial charge in [-0.1, -0.05) is 6.07 Å². The van der Waals surface area contributed by atoms with E-state index in [1.807, 2.05) is 19.1 Å². The van der Waals surface area contributed by atoms with Gasteiger partial charge in [0.15, 0.2) is 11.6 Å². The van der Waals surface area contributed by atoms with Crippen molar-refractivity contribution < 1.29 is 8.42 Å². The fourth-order valence-electron chi connectivity index (χ4n) is 2.33. The highest BCUT2D eigenvalue weighted by Gasteiger charge is 2.29. The molecule has 1 aliphatic rings. The molecule has 0 spiro atoms. The molecule has 2 heterocycles. The Balaban J connectivity index is 1.91. The van der Waals surface area contributed by atoms with Crippen LogP contribution in [0.25, 0.3) is 5.82 Å². The standard InChI is InChI=1S/C15H21N5O2S/c1-11-5-4-9-16-15(11)20-13(8-10-19(2)23(3,21)22)17-14(18-20)12-6-7-12/h4-5,9,12H,6-8,10H2,1-3H3. The average Bonchev–Trinajstić information content (AvgIpc) is 3.25. The molecule has 2 aromatic heterocycles. The molecule has 124 valence electrons. The molecule has 3 rings (SSSR count). The Bertz CT molecular complexity index is 811. The molecule has 0 aromatic carbocycles. The Morgan fingerprint density at radius 1 is 1.39 bits per heavy atom. The van der Waals surface area contributed by atoms with Gasteiger partial charge in [0.1, 0.15) is 5.82 Å². The van der Waals surface area contributed by atoms with Crippen LogP contribution in [-0.4, -0.2) is 52.3 Å². The van der Waals surface area contributed by atoms with Crippen LogP contribution in [0.1, 0.15) is 36.0 Å². The normalized spacial score (nSPS) is 15.3. The Morgan fingerprint density at radius 3 is 2.74 bits per heavy atom. The fraction of sp³-hybridized carbons (Fsp3) is 0.533. The van der Waals surface area contributed by atoms with Gasteiger partial charge in [-0.05, 0) is 31.4 Å². The van der Waals surface area contributed by atoms with E-state index in [0.717, 1.165) is 35.9 Å². The van der Waals surface area contributed by atoms with Crippen molar-refractivity contribution in [1.82, 2.24) is 24.1 Å². The van der Waals surface area contributed by atoms with Gasteiger partial charge in [-0.15, -0.1) is 5.10 Å². The molecule has 1 fully saturated rings. The van der Waals surface area contributed by atoms with E-state index in [1.165, 1.54) is 10.6 Å². The Labute approximate surface area is 136 Å². The van der Waals surface area contributed by atoms with Crippen LogP contribution < -0.4 is 0 Å². The van der Waals surface area contributed by atoms with Gasteiger partial charge < -0.3 is 0 Å². The Hall–Kier alpha value is -1.80. The summed E-state index contributed by atoms with van der Waals surface area (Å²) < 4.78 is 26.2. The molecule has 7 nitrogen and oxygen atoms in total. The first-order valence-electron chi connectivity index (χ1n) is 7.65. The Morgan fingerprint density at radius 2 is 2.13 bits per heavy atom. The third kappa shape index (κ3) is 3.59. The third-order valence-corrected chi connectivity index (χ3v) is 5.35. The van der Waals surface area contributed by atoms with E-state index in [-0.39, 0.29) is 0 Å². The number of nitrogens with zero attached hydrogens (tertiary/aromatic N) is 5. The number of hydrogen-bond acceptors (Lipinski definition) is 5. The van der Waals surface area contributed by atoms with Gasteiger partial charge in [0.25, 0.3) is 0 Å². The van der Waals surface area contributed by atoms with E-state index >= 15 is 0 Å². The van der Waals surface area contributed by atoms with Crippen molar-refractivity contribution in [1.29, 1.82) is 0 Å². The van der Waals surface area contributed by atoms with Crippen molar-refractivity contribution in [3.8, 4) is 5.82 Å². The molecule has 2 aromatic rings. The fourth-order valence-corrected chi connectivity index (χ4v) is 2.75. The second-order valence-corrected chi connectivity index (χ2v) is 8.14. The van der Waals surface area contributed by atoms with Crippen molar-refractivity contribution in [2.75, 3.05) is 19.8 Å². The first-order valence-corrected chi connectivity index (χ1v) is 9.50. The average molecular weight is 335 g/mol. The number of pyridine rings is 1. The van der Waals surface area contributed by atoms with Crippen molar-refractivity contribution in [2.24, 2.45) is 0 Å². The van der Waals surface area contributed by atoms with Gasteiger partial charge in [-0.25, -0.2) is 22.7 Å². The van der Waals surface area contributed by atoms with Gasteiger partial charge in [0.05, 0.1) is 6.26 Å². The number of hydrogen-bond donors (Lipinski definition) is 0. The zero-order chi connectivity index (χ0) is 16.6. The highest BCUT2D eigenvalue weighted by atomic mass is 32.2. The molecule has 1 saturated carbocycles. The van der Waals surface area contributed by atoms with Crippen LogP contribution in [0.4, 0.5) is 0 Å². The summed E-state index contributed by atoms with van der Waals surface area (Å²) in [5.74, 6) is 2.78. The second kappa shape index (κ2) is 6.01. The summed E-state index contributed by atoms with van der Waals surface area (Å²) in [5.41, 5.74) is 1.01. The molecule has 0 saturated heterocycles. The molecule has 0 aliphatic heterocycles. The van der Waals surface area contributed by atoms with E-state index in [0.29, 0.717) is 18.9 Å². The first-order chi connectivity index (χ1) is 10.9. The van der Waals surface area contributed by atoms with Gasteiger partial charge in [-0.2, -0.15) is 4.68 Å². The van der Waals surface area contributed by atoms with E-state index in [2.05, 4.69) is 15.1 Å². The zero-order valence-electron chi connectivity index (χ0n) is 13.6. The molecule has 0 N–H and O–H groups in total. The molecule has 0 amide bonds. The molecule has 23 heavy (non-hydrogen) atoms. The topological polar surface area (TPSA) is 81.0 Å². The highest BCUT2D eigenvalue weighted by molar-refractivity contribution is 7.88.